The van der Waals surface area contributed by atoms with Crippen molar-refractivity contribution in [3.8, 4) is 6.07 Å². The van der Waals surface area contributed by atoms with Crippen molar-refractivity contribution in [2.75, 3.05) is 12.4 Å². The van der Waals surface area contributed by atoms with E-state index in [-0.39, 0.29) is 0 Å². The maximum absolute atomic E-state index is 9.32. The van der Waals surface area contributed by atoms with Gasteiger partial charge in [0.25, 0.3) is 0 Å². The Morgan fingerprint density at radius 1 is 1.50 bits per heavy atom. The van der Waals surface area contributed by atoms with E-state index in [0.29, 0.717) is 17.4 Å². The highest BCUT2D eigenvalue weighted by Crippen LogP contribution is 2.25. The fourth-order valence-electron chi connectivity index (χ4n) is 2.46. The quantitative estimate of drug-likeness (QED) is 0.772. The van der Waals surface area contributed by atoms with Crippen molar-refractivity contribution >= 4 is 11.8 Å². The van der Waals surface area contributed by atoms with Crippen LogP contribution in [0.2, 0.25) is 0 Å². The molecule has 18 heavy (non-hydrogen) atoms. The minimum atomic E-state index is -0.420. The predicted molar refractivity (Wildman–Crippen MR) is 77.8 cm³/mol. The van der Waals surface area contributed by atoms with Crippen LogP contribution >= 0.6 is 11.8 Å². The molecule has 1 aliphatic rings. The lowest BCUT2D eigenvalue weighted by Gasteiger charge is -2.28. The van der Waals surface area contributed by atoms with Gasteiger partial charge in [-0.15, -0.1) is 0 Å². The fourth-order valence-corrected chi connectivity index (χ4v) is 3.71. The molecular formula is C14H26N2OS. The Bertz CT molecular complexity index is 284. The summed E-state index contributed by atoms with van der Waals surface area (Å²) in [7, 11) is 0. The Hall–Kier alpha value is -0.240. The minimum Gasteiger partial charge on any atom is -0.377 e. The van der Waals surface area contributed by atoms with Gasteiger partial charge in [-0.25, -0.2) is 0 Å². The molecule has 3 unspecified atom stereocenters. The summed E-state index contributed by atoms with van der Waals surface area (Å²) in [6, 6.07) is 2.75. The van der Waals surface area contributed by atoms with Gasteiger partial charge in [-0.3, -0.25) is 5.32 Å². The van der Waals surface area contributed by atoms with Gasteiger partial charge >= 0.3 is 0 Å². The van der Waals surface area contributed by atoms with Crippen LogP contribution < -0.4 is 5.32 Å². The maximum atomic E-state index is 9.32. The highest BCUT2D eigenvalue weighted by molar-refractivity contribution is 7.99. The highest BCUT2D eigenvalue weighted by Gasteiger charge is 2.27. The van der Waals surface area contributed by atoms with Gasteiger partial charge in [0, 0.05) is 23.7 Å². The molecule has 104 valence electrons. The van der Waals surface area contributed by atoms with Crippen molar-refractivity contribution in [3.63, 3.8) is 0 Å². The molecule has 0 spiro atoms. The molecule has 0 bridgehead atoms. The topological polar surface area (TPSA) is 45.0 Å². The molecule has 3 nitrogen and oxygen atoms in total. The third kappa shape index (κ3) is 5.60. The average Bonchev–Trinajstić information content (AvgIpc) is 2.78. The van der Waals surface area contributed by atoms with Crippen LogP contribution in [0.5, 0.6) is 0 Å². The van der Waals surface area contributed by atoms with Crippen molar-refractivity contribution in [2.45, 2.75) is 69.9 Å². The van der Waals surface area contributed by atoms with Crippen LogP contribution in [0.15, 0.2) is 0 Å². The molecule has 1 heterocycles. The average molecular weight is 270 g/mol. The Morgan fingerprint density at radius 2 is 2.22 bits per heavy atom. The maximum Gasteiger partial charge on any atom is 0.105 e. The molecule has 3 atom stereocenters. The minimum absolute atomic E-state index is 0.338. The number of hydrogen-bond acceptors (Lipinski definition) is 4. The van der Waals surface area contributed by atoms with E-state index in [9.17, 15) is 5.26 Å². The third-order valence-corrected chi connectivity index (χ3v) is 4.44. The fraction of sp³-hybridized carbons (Fsp3) is 0.929. The summed E-state index contributed by atoms with van der Waals surface area (Å²) in [4.78, 5) is 0. The number of nitrogens with zero attached hydrogens (tertiary/aromatic N) is 1. The van der Waals surface area contributed by atoms with E-state index >= 15 is 0 Å². The van der Waals surface area contributed by atoms with Crippen molar-refractivity contribution < 1.29 is 4.74 Å². The van der Waals surface area contributed by atoms with Crippen LogP contribution in [-0.4, -0.2) is 35.3 Å². The number of hydrogen-bond donors (Lipinski definition) is 1. The summed E-state index contributed by atoms with van der Waals surface area (Å²) in [6.07, 6.45) is 3.70. The van der Waals surface area contributed by atoms with Gasteiger partial charge in [0.15, 0.2) is 0 Å². The predicted octanol–water partition coefficient (Wildman–Crippen LogP) is 2.96. The second-order valence-electron chi connectivity index (χ2n) is 5.73. The normalized spacial score (nSPS) is 24.8. The van der Waals surface area contributed by atoms with Gasteiger partial charge in [0.05, 0.1) is 12.2 Å². The molecule has 0 aliphatic carbocycles. The van der Waals surface area contributed by atoms with Crippen LogP contribution in [0, 0.1) is 11.3 Å². The molecule has 0 aromatic heterocycles. The first-order chi connectivity index (χ1) is 8.45. The molecule has 0 saturated carbocycles. The Labute approximate surface area is 116 Å². The lowest BCUT2D eigenvalue weighted by atomic mass is 9.97. The molecule has 4 heteroatoms. The van der Waals surface area contributed by atoms with Crippen molar-refractivity contribution in [1.82, 2.24) is 5.32 Å². The van der Waals surface area contributed by atoms with Crippen molar-refractivity contribution in [2.24, 2.45) is 0 Å². The van der Waals surface area contributed by atoms with E-state index in [1.54, 1.807) is 0 Å². The Balaban J connectivity index is 2.32. The van der Waals surface area contributed by atoms with Gasteiger partial charge in [-0.1, -0.05) is 6.92 Å². The van der Waals surface area contributed by atoms with Gasteiger partial charge < -0.3 is 4.74 Å². The van der Waals surface area contributed by atoms with Crippen LogP contribution in [0.4, 0.5) is 0 Å². The molecule has 0 aromatic carbocycles. The smallest absolute Gasteiger partial charge is 0.105 e. The molecule has 1 fully saturated rings. The van der Waals surface area contributed by atoms with E-state index in [1.165, 1.54) is 12.8 Å². The molecule has 1 aliphatic heterocycles. The molecule has 0 radical (unpaired) electrons. The van der Waals surface area contributed by atoms with Crippen LogP contribution in [-0.2, 0) is 4.74 Å². The van der Waals surface area contributed by atoms with E-state index in [1.807, 2.05) is 18.7 Å². The van der Waals surface area contributed by atoms with Crippen molar-refractivity contribution in [3.05, 3.63) is 0 Å². The van der Waals surface area contributed by atoms with Crippen LogP contribution in [0.3, 0.4) is 0 Å². The zero-order valence-electron chi connectivity index (χ0n) is 12.0. The number of nitrogens with one attached hydrogen (secondary N) is 1. The number of thioether (sulfide) groups is 1. The van der Waals surface area contributed by atoms with E-state index in [4.69, 9.17) is 4.74 Å². The summed E-state index contributed by atoms with van der Waals surface area (Å²) in [5, 5.41) is 13.2. The van der Waals surface area contributed by atoms with Crippen molar-refractivity contribution in [1.29, 1.82) is 5.26 Å². The highest BCUT2D eigenvalue weighted by atomic mass is 32.2. The summed E-state index contributed by atoms with van der Waals surface area (Å²) < 4.78 is 5.62. The second-order valence-corrected chi connectivity index (χ2v) is 7.20. The Morgan fingerprint density at radius 3 is 2.72 bits per heavy atom. The third-order valence-electron chi connectivity index (χ3n) is 3.14. The number of nitriles is 1. The summed E-state index contributed by atoms with van der Waals surface area (Å²) in [6.45, 7) is 9.29. The van der Waals surface area contributed by atoms with Gasteiger partial charge in [-0.05, 0) is 40.0 Å². The van der Waals surface area contributed by atoms with Gasteiger partial charge in [0.2, 0.25) is 0 Å². The van der Waals surface area contributed by atoms with Gasteiger partial charge in [-0.2, -0.15) is 17.0 Å². The summed E-state index contributed by atoms with van der Waals surface area (Å²) >= 11 is 1.93. The zero-order chi connectivity index (χ0) is 13.6. The second kappa shape index (κ2) is 7.37. The van der Waals surface area contributed by atoms with Gasteiger partial charge in [0.1, 0.15) is 5.54 Å². The first-order valence-electron chi connectivity index (χ1n) is 6.87. The lowest BCUT2D eigenvalue weighted by Crippen LogP contribution is -2.46. The summed E-state index contributed by atoms with van der Waals surface area (Å²) in [5.41, 5.74) is -0.420. The molecule has 1 N–H and O–H groups in total. The molecule has 1 rings (SSSR count). The molecular weight excluding hydrogens is 244 g/mol. The number of rotatable bonds is 7. The van der Waals surface area contributed by atoms with Crippen LogP contribution in [0.1, 0.15) is 47.0 Å². The first-order valence-corrected chi connectivity index (χ1v) is 7.92. The number of ether oxygens (including phenoxy) is 1. The SMILES string of the molecule is CC(C)NC(C)(C#N)CC(C)SCC1CCCO1. The zero-order valence-corrected chi connectivity index (χ0v) is 12.8. The molecule has 1 saturated heterocycles. The lowest BCUT2D eigenvalue weighted by molar-refractivity contribution is 0.128. The van der Waals surface area contributed by atoms with E-state index < -0.39 is 5.54 Å². The molecule has 0 aromatic rings. The van der Waals surface area contributed by atoms with Crippen LogP contribution in [0.25, 0.3) is 0 Å². The first kappa shape index (κ1) is 15.8. The monoisotopic (exact) mass is 270 g/mol. The van der Waals surface area contributed by atoms with E-state index in [0.717, 1.165) is 18.8 Å². The Kier molecular flexibility index (Phi) is 6.48. The standard InChI is InChI=1S/C14H26N2OS/c1-11(2)16-14(4,10-15)8-12(3)18-9-13-6-5-7-17-13/h11-13,16H,5-9H2,1-4H3. The van der Waals surface area contributed by atoms with E-state index in [2.05, 4.69) is 32.2 Å². The molecule has 0 amide bonds. The largest absolute Gasteiger partial charge is 0.377 e. The summed E-state index contributed by atoms with van der Waals surface area (Å²) in [5.74, 6) is 1.06.